The topological polar surface area (TPSA) is 111 Å². The molecule has 0 aliphatic rings. The highest BCUT2D eigenvalue weighted by atomic mass is 32.2. The first kappa shape index (κ1) is 13.9. The first-order valence-corrected chi connectivity index (χ1v) is 6.41. The lowest BCUT2D eigenvalue weighted by molar-refractivity contribution is -0.137. The number of carbonyl (C=O) groups is 2. The lowest BCUT2D eigenvalue weighted by atomic mass is 10.4. The monoisotopic (exact) mass is 276 g/mol. The number of carbonyl (C=O) groups excluding carboxylic acids is 1. The maximum Gasteiger partial charge on any atom is 0.321 e. The van der Waals surface area contributed by atoms with Crippen LogP contribution in [0.2, 0.25) is 0 Å². The fourth-order valence-electron chi connectivity index (χ4n) is 0.850. The van der Waals surface area contributed by atoms with Gasteiger partial charge in [-0.2, -0.15) is 10.1 Å². The van der Waals surface area contributed by atoms with Gasteiger partial charge in [0.2, 0.25) is 10.7 Å². The molecule has 0 saturated heterocycles. The van der Waals surface area contributed by atoms with Gasteiger partial charge in [-0.05, 0) is 0 Å². The minimum Gasteiger partial charge on any atom is -0.480 e. The van der Waals surface area contributed by atoms with Crippen molar-refractivity contribution in [1.29, 1.82) is 0 Å². The summed E-state index contributed by atoms with van der Waals surface area (Å²) >= 11 is 2.45. The Morgan fingerprint density at radius 2 is 2.35 bits per heavy atom. The molecule has 1 aromatic rings. The van der Waals surface area contributed by atoms with E-state index in [-0.39, 0.29) is 11.7 Å². The van der Waals surface area contributed by atoms with Crippen molar-refractivity contribution < 1.29 is 14.7 Å². The number of aromatic nitrogens is 2. The highest BCUT2D eigenvalue weighted by Crippen LogP contribution is 2.17. The van der Waals surface area contributed by atoms with Crippen molar-refractivity contribution in [3.8, 4) is 0 Å². The van der Waals surface area contributed by atoms with Gasteiger partial charge in [0.25, 0.3) is 0 Å². The number of nitrogens with zero attached hydrogens (tertiary/aromatic N) is 3. The third-order valence-corrected chi connectivity index (χ3v) is 3.90. The summed E-state index contributed by atoms with van der Waals surface area (Å²) in [5.41, 5.74) is 5.36. The largest absolute Gasteiger partial charge is 0.480 e. The van der Waals surface area contributed by atoms with Crippen LogP contribution in [0.25, 0.3) is 0 Å². The minimum absolute atomic E-state index is 0.225. The van der Waals surface area contributed by atoms with Gasteiger partial charge in [0.15, 0.2) is 4.34 Å². The minimum atomic E-state index is -1.05. The molecule has 0 radical (unpaired) electrons. The molecule has 0 aliphatic carbocycles. The maximum absolute atomic E-state index is 10.8. The van der Waals surface area contributed by atoms with Crippen LogP contribution < -0.4 is 10.5 Å². The summed E-state index contributed by atoms with van der Waals surface area (Å²) in [6.45, 7) is 1.35. The lowest BCUT2D eigenvalue weighted by Crippen LogP contribution is -2.32. The van der Waals surface area contributed by atoms with Crippen LogP contribution in [-0.4, -0.2) is 38.6 Å². The number of carboxylic acid groups (broad SMARTS) is 1. The molecular weight excluding hydrogens is 264 g/mol. The highest BCUT2D eigenvalue weighted by Gasteiger charge is 2.13. The number of rotatable bonds is 4. The zero-order valence-corrected chi connectivity index (χ0v) is 10.9. The van der Waals surface area contributed by atoms with Crippen molar-refractivity contribution in [2.45, 2.75) is 17.3 Å². The van der Waals surface area contributed by atoms with Crippen molar-refractivity contribution >= 4 is 35.0 Å². The third kappa shape index (κ3) is 4.29. The fraction of sp³-hybridized carbons (Fsp3) is 0.500. The summed E-state index contributed by atoms with van der Waals surface area (Å²) in [4.78, 5) is 25.6. The number of carboxylic acids is 1. The second kappa shape index (κ2) is 5.94. The van der Waals surface area contributed by atoms with E-state index < -0.39 is 12.0 Å². The molecule has 0 unspecified atom stereocenters. The van der Waals surface area contributed by atoms with Gasteiger partial charge in [0.1, 0.15) is 6.04 Å². The van der Waals surface area contributed by atoms with E-state index in [9.17, 15) is 9.59 Å². The molecule has 7 nitrogen and oxygen atoms in total. The predicted octanol–water partition coefficient (Wildman–Crippen LogP) is -0.567. The van der Waals surface area contributed by atoms with Gasteiger partial charge >= 0.3 is 5.97 Å². The third-order valence-electron chi connectivity index (χ3n) is 1.64. The second-order valence-electron chi connectivity index (χ2n) is 3.16. The summed E-state index contributed by atoms with van der Waals surface area (Å²) in [6, 6.07) is -0.928. The van der Waals surface area contributed by atoms with Gasteiger partial charge in [-0.25, -0.2) is 4.68 Å². The summed E-state index contributed by atoms with van der Waals surface area (Å²) in [5, 5.41) is 12.7. The van der Waals surface area contributed by atoms with E-state index >= 15 is 0 Å². The molecular formula is C8H12N4O3S2. The second-order valence-corrected chi connectivity index (χ2v) is 5.38. The highest BCUT2D eigenvalue weighted by molar-refractivity contribution is 8.01. The average molecular weight is 276 g/mol. The summed E-state index contributed by atoms with van der Waals surface area (Å²) in [6.07, 6.45) is 0. The normalized spacial score (nSPS) is 13.7. The number of hydrogen-bond acceptors (Lipinski definition) is 6. The van der Waals surface area contributed by atoms with E-state index in [1.54, 1.807) is 7.05 Å². The molecule has 94 valence electrons. The first-order valence-electron chi connectivity index (χ1n) is 4.60. The van der Waals surface area contributed by atoms with Gasteiger partial charge in [0.05, 0.1) is 0 Å². The quantitative estimate of drug-likeness (QED) is 0.713. The number of thioether (sulfide) groups is 1. The Hall–Kier alpha value is -1.19. The molecule has 1 amide bonds. The molecule has 3 N–H and O–H groups in total. The van der Waals surface area contributed by atoms with Gasteiger partial charge in [0, 0.05) is 19.7 Å². The zero-order valence-electron chi connectivity index (χ0n) is 9.28. The Labute approximate surface area is 105 Å². The van der Waals surface area contributed by atoms with E-state index in [1.807, 2.05) is 0 Å². The van der Waals surface area contributed by atoms with Crippen LogP contribution in [0.5, 0.6) is 0 Å². The fourth-order valence-corrected chi connectivity index (χ4v) is 2.83. The van der Waals surface area contributed by atoms with E-state index in [4.69, 9.17) is 10.8 Å². The first-order chi connectivity index (χ1) is 7.90. The molecule has 17 heavy (non-hydrogen) atoms. The molecule has 1 atom stereocenters. The van der Waals surface area contributed by atoms with E-state index in [1.165, 1.54) is 34.7 Å². The smallest absolute Gasteiger partial charge is 0.321 e. The number of aryl methyl sites for hydroxylation is 1. The van der Waals surface area contributed by atoms with Gasteiger partial charge in [-0.1, -0.05) is 23.1 Å². The Balaban J connectivity index is 2.75. The van der Waals surface area contributed by atoms with Crippen LogP contribution in [0, 0.1) is 0 Å². The van der Waals surface area contributed by atoms with Gasteiger partial charge in [-0.15, -0.1) is 0 Å². The number of nitrogens with two attached hydrogens (primary N) is 1. The predicted molar refractivity (Wildman–Crippen MR) is 63.7 cm³/mol. The molecule has 0 aliphatic heterocycles. The molecule has 0 saturated carbocycles. The number of hydrogen-bond donors (Lipinski definition) is 2. The SMILES string of the molecule is CC(=O)N=c1sc(SC[C@H](N)C(=O)O)nn1C. The molecule has 1 rings (SSSR count). The standard InChI is InChI=1S/C8H12N4O3S2/c1-4(13)10-7-12(2)11-8(17-7)16-3-5(9)6(14)15/h5H,3,9H2,1-2H3,(H,14,15)/t5-/m0/s1. The van der Waals surface area contributed by atoms with Crippen molar-refractivity contribution in [2.75, 3.05) is 5.75 Å². The van der Waals surface area contributed by atoms with Crippen LogP contribution in [0.15, 0.2) is 9.33 Å². The van der Waals surface area contributed by atoms with Crippen LogP contribution in [0.4, 0.5) is 0 Å². The van der Waals surface area contributed by atoms with E-state index in [0.717, 1.165) is 0 Å². The summed E-state index contributed by atoms with van der Waals surface area (Å²) < 4.78 is 2.10. The van der Waals surface area contributed by atoms with Crippen LogP contribution in [0.1, 0.15) is 6.92 Å². The van der Waals surface area contributed by atoms with E-state index in [0.29, 0.717) is 9.14 Å². The van der Waals surface area contributed by atoms with E-state index in [2.05, 4.69) is 10.1 Å². The Kier molecular flexibility index (Phi) is 4.85. The zero-order chi connectivity index (χ0) is 13.0. The van der Waals surface area contributed by atoms with Crippen LogP contribution >= 0.6 is 23.1 Å². The number of amides is 1. The Bertz CT molecular complexity index is 493. The van der Waals surface area contributed by atoms with Crippen molar-refractivity contribution in [3.05, 3.63) is 4.80 Å². The Morgan fingerprint density at radius 3 is 2.88 bits per heavy atom. The molecule has 0 aromatic carbocycles. The molecule has 9 heteroatoms. The van der Waals surface area contributed by atoms with Crippen LogP contribution in [-0.2, 0) is 16.6 Å². The molecule has 1 aromatic heterocycles. The molecule has 0 bridgehead atoms. The lowest BCUT2D eigenvalue weighted by Gasteiger charge is -2.02. The van der Waals surface area contributed by atoms with Crippen LogP contribution in [0.3, 0.4) is 0 Å². The summed E-state index contributed by atoms with van der Waals surface area (Å²) in [7, 11) is 1.67. The van der Waals surface area contributed by atoms with Gasteiger partial charge in [-0.3, -0.25) is 9.59 Å². The summed E-state index contributed by atoms with van der Waals surface area (Å²) in [5.74, 6) is -1.13. The van der Waals surface area contributed by atoms with Gasteiger partial charge < -0.3 is 10.8 Å². The maximum atomic E-state index is 10.8. The molecule has 0 spiro atoms. The average Bonchev–Trinajstić information content (AvgIpc) is 2.55. The van der Waals surface area contributed by atoms with Crippen molar-refractivity contribution in [1.82, 2.24) is 9.78 Å². The molecule has 1 heterocycles. The Morgan fingerprint density at radius 1 is 1.71 bits per heavy atom. The van der Waals surface area contributed by atoms with Crippen molar-refractivity contribution in [3.63, 3.8) is 0 Å². The molecule has 0 fully saturated rings. The van der Waals surface area contributed by atoms with Crippen molar-refractivity contribution in [2.24, 2.45) is 17.8 Å². The number of aliphatic carboxylic acids is 1.